The highest BCUT2D eigenvalue weighted by Crippen LogP contribution is 2.34. The summed E-state index contributed by atoms with van der Waals surface area (Å²) in [7, 11) is 4.49. The van der Waals surface area contributed by atoms with Gasteiger partial charge in [0.25, 0.3) is 0 Å². The minimum Gasteiger partial charge on any atom is -0.508 e. The Labute approximate surface area is 232 Å². The summed E-state index contributed by atoms with van der Waals surface area (Å²) < 4.78 is 15.2. The number of hydrogen-bond donors (Lipinski definition) is 3. The molecule has 3 N–H and O–H groups in total. The molecule has 4 aromatic rings. The van der Waals surface area contributed by atoms with Crippen LogP contribution in [0.5, 0.6) is 34.5 Å². The third-order valence-electron chi connectivity index (χ3n) is 5.79. The van der Waals surface area contributed by atoms with Crippen molar-refractivity contribution in [2.75, 3.05) is 21.3 Å². The van der Waals surface area contributed by atoms with Crippen LogP contribution >= 0.6 is 0 Å². The van der Waals surface area contributed by atoms with Gasteiger partial charge >= 0.3 is 0 Å². The lowest BCUT2D eigenvalue weighted by molar-refractivity contribution is 0.0989. The molecule has 0 bridgehead atoms. The first kappa shape index (κ1) is 29.3. The van der Waals surface area contributed by atoms with Gasteiger partial charge in [0, 0.05) is 24.6 Å². The Balaban J connectivity index is 0.000000222. The zero-order chi connectivity index (χ0) is 29.1. The van der Waals surface area contributed by atoms with E-state index < -0.39 is 0 Å². The van der Waals surface area contributed by atoms with Crippen molar-refractivity contribution >= 4 is 17.6 Å². The molecule has 0 unspecified atom stereocenters. The zero-order valence-electron chi connectivity index (χ0n) is 22.3. The Kier molecular flexibility index (Phi) is 10.3. The van der Waals surface area contributed by atoms with E-state index in [-0.39, 0.29) is 52.1 Å². The van der Waals surface area contributed by atoms with Crippen LogP contribution in [0, 0.1) is 0 Å². The van der Waals surface area contributed by atoms with Crippen molar-refractivity contribution in [3.8, 4) is 34.5 Å². The van der Waals surface area contributed by atoms with Crippen molar-refractivity contribution < 1.29 is 39.1 Å². The average Bonchev–Trinajstić information content (AvgIpc) is 2.96. The fraction of sp³-hybridized carbons (Fsp3) is 0.125. The van der Waals surface area contributed by atoms with E-state index in [4.69, 9.17) is 14.2 Å². The van der Waals surface area contributed by atoms with E-state index in [9.17, 15) is 24.9 Å². The number of Topliss-reactive ketones (excluding diaryl/α,β-unsaturated/α-hetero) is 1. The predicted molar refractivity (Wildman–Crippen MR) is 152 cm³/mol. The molecule has 0 saturated carbocycles. The van der Waals surface area contributed by atoms with Crippen molar-refractivity contribution in [3.05, 3.63) is 113 Å². The lowest BCUT2D eigenvalue weighted by Gasteiger charge is -2.10. The van der Waals surface area contributed by atoms with E-state index in [1.54, 1.807) is 43.5 Å². The Hall–Kier alpha value is -5.24. The molecule has 0 aromatic heterocycles. The van der Waals surface area contributed by atoms with Gasteiger partial charge < -0.3 is 29.5 Å². The Morgan fingerprint density at radius 3 is 2.00 bits per heavy atom. The monoisotopic (exact) mass is 542 g/mol. The number of phenolic OH excluding ortho intramolecular Hbond substituents is 3. The highest BCUT2D eigenvalue weighted by Gasteiger charge is 2.17. The molecule has 0 spiro atoms. The number of methoxy groups -OCH3 is 3. The molecule has 0 aliphatic heterocycles. The van der Waals surface area contributed by atoms with Crippen molar-refractivity contribution in [1.82, 2.24) is 0 Å². The van der Waals surface area contributed by atoms with E-state index in [2.05, 4.69) is 0 Å². The summed E-state index contributed by atoms with van der Waals surface area (Å²) in [4.78, 5) is 24.3. The molecule has 8 heteroatoms. The molecule has 4 rings (SSSR count). The first-order chi connectivity index (χ1) is 19.2. The molecule has 0 heterocycles. The highest BCUT2D eigenvalue weighted by atomic mass is 16.5. The lowest BCUT2D eigenvalue weighted by atomic mass is 10.0. The molecule has 0 atom stereocenters. The minimum absolute atomic E-state index is 0.0708. The number of rotatable bonds is 9. The molecule has 0 saturated heterocycles. The molecule has 8 nitrogen and oxygen atoms in total. The number of ketones is 2. The molecule has 0 fully saturated rings. The van der Waals surface area contributed by atoms with Crippen LogP contribution in [0.25, 0.3) is 6.08 Å². The van der Waals surface area contributed by atoms with Crippen LogP contribution < -0.4 is 14.2 Å². The first-order valence-corrected chi connectivity index (χ1v) is 12.2. The number of aromatic hydroxyl groups is 3. The molecule has 206 valence electrons. The van der Waals surface area contributed by atoms with Gasteiger partial charge in [-0.3, -0.25) is 9.59 Å². The summed E-state index contributed by atoms with van der Waals surface area (Å²) in [6.07, 6.45) is 3.27. The summed E-state index contributed by atoms with van der Waals surface area (Å²) in [5.41, 5.74) is 2.05. The molecular weight excluding hydrogens is 512 g/mol. The van der Waals surface area contributed by atoms with E-state index in [1.165, 1.54) is 38.5 Å². The van der Waals surface area contributed by atoms with Crippen molar-refractivity contribution in [2.24, 2.45) is 0 Å². The van der Waals surface area contributed by atoms with Crippen molar-refractivity contribution in [3.63, 3.8) is 0 Å². The average molecular weight is 543 g/mol. The van der Waals surface area contributed by atoms with Gasteiger partial charge in [-0.05, 0) is 41.5 Å². The van der Waals surface area contributed by atoms with Crippen LogP contribution in [-0.2, 0) is 6.42 Å². The van der Waals surface area contributed by atoms with E-state index >= 15 is 0 Å². The van der Waals surface area contributed by atoms with Gasteiger partial charge in [-0.2, -0.15) is 0 Å². The van der Waals surface area contributed by atoms with Crippen LogP contribution in [0.1, 0.15) is 31.8 Å². The molecule has 0 amide bonds. The van der Waals surface area contributed by atoms with Gasteiger partial charge in [-0.1, -0.05) is 48.5 Å². The topological polar surface area (TPSA) is 123 Å². The maximum atomic E-state index is 12.3. The third-order valence-corrected chi connectivity index (χ3v) is 5.79. The summed E-state index contributed by atoms with van der Waals surface area (Å²) in [6.45, 7) is 0. The molecule has 40 heavy (non-hydrogen) atoms. The summed E-state index contributed by atoms with van der Waals surface area (Å²) in [5.74, 6) is 0.427. The maximum absolute atomic E-state index is 12.3. The number of allylic oxidation sites excluding steroid dienone is 1. The highest BCUT2D eigenvalue weighted by molar-refractivity contribution is 6.10. The minimum atomic E-state index is -0.337. The number of hydrogen-bond acceptors (Lipinski definition) is 8. The number of phenols is 3. The molecule has 0 aliphatic carbocycles. The van der Waals surface area contributed by atoms with Crippen LogP contribution in [0.15, 0.2) is 91.0 Å². The SMILES string of the molecule is COc1cc(O)c(C(=O)C=Cc2ccccc2)c(OC)c1.COc1ccc(CC(=O)c2ccc(O)cc2O)cc1. The Bertz CT molecular complexity index is 1480. The van der Waals surface area contributed by atoms with Gasteiger partial charge in [0.15, 0.2) is 11.6 Å². The quantitative estimate of drug-likeness (QED) is 0.178. The van der Waals surface area contributed by atoms with Gasteiger partial charge in [0.05, 0.1) is 26.9 Å². The lowest BCUT2D eigenvalue weighted by Crippen LogP contribution is -2.03. The second-order valence-electron chi connectivity index (χ2n) is 8.48. The normalized spacial score (nSPS) is 10.4. The van der Waals surface area contributed by atoms with Gasteiger partial charge in [0.1, 0.15) is 40.1 Å². The van der Waals surface area contributed by atoms with E-state index in [0.717, 1.165) is 22.9 Å². The Morgan fingerprint density at radius 1 is 0.725 bits per heavy atom. The summed E-state index contributed by atoms with van der Waals surface area (Å²) >= 11 is 0. The fourth-order valence-corrected chi connectivity index (χ4v) is 3.70. The smallest absolute Gasteiger partial charge is 0.193 e. The van der Waals surface area contributed by atoms with Gasteiger partial charge in [0.2, 0.25) is 0 Å². The molecule has 0 aliphatic rings. The maximum Gasteiger partial charge on any atom is 0.193 e. The fourth-order valence-electron chi connectivity index (χ4n) is 3.70. The Morgan fingerprint density at radius 2 is 1.40 bits per heavy atom. The molecule has 0 radical (unpaired) electrons. The number of ether oxygens (including phenoxy) is 3. The van der Waals surface area contributed by atoms with Crippen molar-refractivity contribution in [2.45, 2.75) is 6.42 Å². The molecular formula is C32H30O8. The van der Waals surface area contributed by atoms with Crippen LogP contribution in [0.3, 0.4) is 0 Å². The summed E-state index contributed by atoms with van der Waals surface area (Å²) in [6, 6.07) is 23.5. The van der Waals surface area contributed by atoms with E-state index in [0.29, 0.717) is 5.75 Å². The first-order valence-electron chi connectivity index (χ1n) is 12.2. The van der Waals surface area contributed by atoms with Crippen LogP contribution in [-0.4, -0.2) is 48.2 Å². The standard InChI is InChI=1S/C17H16O4.C15H14O4/c1-20-13-10-15(19)17(16(11-13)21-2)14(18)9-8-12-6-4-3-5-7-12;1-19-12-5-2-10(3-6-12)8-14(17)13-7-4-11(16)9-15(13)18/h3-11,19H,1-2H3;2-7,9,16,18H,8H2,1H3. The number of benzene rings is 4. The largest absolute Gasteiger partial charge is 0.508 e. The number of carbonyl (C=O) groups is 2. The number of carbonyl (C=O) groups excluding carboxylic acids is 2. The van der Waals surface area contributed by atoms with Crippen LogP contribution in [0.2, 0.25) is 0 Å². The van der Waals surface area contributed by atoms with Crippen molar-refractivity contribution in [1.29, 1.82) is 0 Å². The van der Waals surface area contributed by atoms with Crippen LogP contribution in [0.4, 0.5) is 0 Å². The third kappa shape index (κ3) is 7.88. The van der Waals surface area contributed by atoms with Gasteiger partial charge in [-0.15, -0.1) is 0 Å². The van der Waals surface area contributed by atoms with Gasteiger partial charge in [-0.25, -0.2) is 0 Å². The second-order valence-corrected chi connectivity index (χ2v) is 8.48. The van der Waals surface area contributed by atoms with E-state index in [1.807, 2.05) is 30.3 Å². The molecule has 4 aromatic carbocycles. The predicted octanol–water partition coefficient (Wildman–Crippen LogP) is 5.84. The zero-order valence-corrected chi connectivity index (χ0v) is 22.3. The summed E-state index contributed by atoms with van der Waals surface area (Å²) in [5, 5.41) is 28.8. The second kappa shape index (κ2) is 14.1.